The highest BCUT2D eigenvalue weighted by molar-refractivity contribution is 6.30. The fourth-order valence-corrected chi connectivity index (χ4v) is 1.54. The number of alkyl halides is 3. The number of hydrogen-bond acceptors (Lipinski definition) is 2. The van der Waals surface area contributed by atoms with Gasteiger partial charge in [-0.1, -0.05) is 17.7 Å². The van der Waals surface area contributed by atoms with E-state index in [2.05, 4.69) is 11.9 Å². The van der Waals surface area contributed by atoms with Crippen LogP contribution in [0.5, 0.6) is 0 Å². The minimum atomic E-state index is -4.62. The Morgan fingerprint density at radius 1 is 1.53 bits per heavy atom. The molecule has 0 aliphatic heterocycles. The normalized spacial score (nSPS) is 12.9. The number of anilines is 1. The van der Waals surface area contributed by atoms with Gasteiger partial charge in [0, 0.05) is 5.02 Å². The molecule has 0 aliphatic rings. The second kappa shape index (κ2) is 6.08. The van der Waals surface area contributed by atoms with Crippen molar-refractivity contribution in [2.24, 2.45) is 5.73 Å². The summed E-state index contributed by atoms with van der Waals surface area (Å²) < 4.78 is 38.3. The number of nitrogens with two attached hydrogens (primary N) is 1. The molecule has 1 aromatic rings. The van der Waals surface area contributed by atoms with E-state index >= 15 is 0 Å². The molecule has 0 bridgehead atoms. The molecule has 1 unspecified atom stereocenters. The molecule has 19 heavy (non-hydrogen) atoms. The van der Waals surface area contributed by atoms with Crippen molar-refractivity contribution in [2.75, 3.05) is 5.32 Å². The highest BCUT2D eigenvalue weighted by atomic mass is 35.5. The predicted molar refractivity (Wildman–Crippen MR) is 67.9 cm³/mol. The van der Waals surface area contributed by atoms with Gasteiger partial charge >= 0.3 is 6.18 Å². The van der Waals surface area contributed by atoms with Crippen LogP contribution >= 0.6 is 11.6 Å². The summed E-state index contributed by atoms with van der Waals surface area (Å²) in [6.45, 7) is 3.40. The number of amides is 1. The van der Waals surface area contributed by atoms with E-state index in [0.717, 1.165) is 12.1 Å². The van der Waals surface area contributed by atoms with Gasteiger partial charge in [-0.2, -0.15) is 13.2 Å². The van der Waals surface area contributed by atoms with Crippen LogP contribution in [0.4, 0.5) is 18.9 Å². The average Bonchev–Trinajstić information content (AvgIpc) is 2.30. The van der Waals surface area contributed by atoms with Gasteiger partial charge in [0.1, 0.15) is 0 Å². The van der Waals surface area contributed by atoms with E-state index in [1.807, 2.05) is 0 Å². The quantitative estimate of drug-likeness (QED) is 0.837. The van der Waals surface area contributed by atoms with Crippen LogP contribution < -0.4 is 11.1 Å². The molecular formula is C12H12ClF3N2O. The van der Waals surface area contributed by atoms with Gasteiger partial charge in [-0.05, 0) is 24.6 Å². The zero-order valence-corrected chi connectivity index (χ0v) is 10.6. The van der Waals surface area contributed by atoms with E-state index < -0.39 is 23.7 Å². The summed E-state index contributed by atoms with van der Waals surface area (Å²) in [5.41, 5.74) is 4.09. The van der Waals surface area contributed by atoms with Crippen molar-refractivity contribution < 1.29 is 18.0 Å². The molecule has 0 aromatic heterocycles. The van der Waals surface area contributed by atoms with E-state index in [1.165, 1.54) is 12.1 Å². The smallest absolute Gasteiger partial charge is 0.324 e. The largest absolute Gasteiger partial charge is 0.418 e. The highest BCUT2D eigenvalue weighted by Crippen LogP contribution is 2.36. The average molecular weight is 293 g/mol. The molecule has 104 valence electrons. The molecule has 0 saturated carbocycles. The molecule has 3 nitrogen and oxygen atoms in total. The van der Waals surface area contributed by atoms with E-state index in [4.69, 9.17) is 17.3 Å². The van der Waals surface area contributed by atoms with Gasteiger partial charge in [-0.15, -0.1) is 6.58 Å². The molecular weight excluding hydrogens is 281 g/mol. The molecule has 0 heterocycles. The van der Waals surface area contributed by atoms with Gasteiger partial charge in [0.15, 0.2) is 0 Å². The van der Waals surface area contributed by atoms with Crippen molar-refractivity contribution in [3.05, 3.63) is 41.4 Å². The number of rotatable bonds is 4. The summed E-state index contributed by atoms with van der Waals surface area (Å²) in [4.78, 5) is 11.6. The lowest BCUT2D eigenvalue weighted by Gasteiger charge is -2.16. The fraction of sp³-hybridized carbons (Fsp3) is 0.250. The lowest BCUT2D eigenvalue weighted by atomic mass is 10.1. The Balaban J connectivity index is 3.01. The van der Waals surface area contributed by atoms with Crippen LogP contribution in [0.15, 0.2) is 30.9 Å². The number of carbonyl (C=O) groups excluding carboxylic acids is 1. The second-order valence-electron chi connectivity index (χ2n) is 3.81. The number of hydrogen-bond donors (Lipinski definition) is 2. The van der Waals surface area contributed by atoms with E-state index in [0.29, 0.717) is 0 Å². The van der Waals surface area contributed by atoms with Gasteiger partial charge in [0.25, 0.3) is 0 Å². The molecule has 0 spiro atoms. The maximum Gasteiger partial charge on any atom is 0.418 e. The number of carbonyl (C=O) groups is 1. The van der Waals surface area contributed by atoms with E-state index in [-0.39, 0.29) is 17.1 Å². The summed E-state index contributed by atoms with van der Waals surface area (Å²) in [5.74, 6) is -0.715. The van der Waals surface area contributed by atoms with Crippen molar-refractivity contribution in [1.29, 1.82) is 0 Å². The van der Waals surface area contributed by atoms with Crippen LogP contribution in [-0.4, -0.2) is 11.9 Å². The Bertz CT molecular complexity index is 488. The maximum atomic E-state index is 12.8. The standard InChI is InChI=1S/C12H12ClF3N2O/c1-2-3-9(17)11(19)18-10-5-4-7(13)6-8(10)12(14,15)16/h2,4-6,9H,1,3,17H2,(H,18,19). The minimum absolute atomic E-state index is 0.0688. The summed E-state index contributed by atoms with van der Waals surface area (Å²) in [6.07, 6.45) is -3.03. The lowest BCUT2D eigenvalue weighted by Crippen LogP contribution is -2.35. The lowest BCUT2D eigenvalue weighted by molar-refractivity contribution is -0.137. The topological polar surface area (TPSA) is 55.1 Å². The third-order valence-electron chi connectivity index (χ3n) is 2.30. The van der Waals surface area contributed by atoms with Crippen LogP contribution in [-0.2, 0) is 11.0 Å². The van der Waals surface area contributed by atoms with Crippen LogP contribution in [0.3, 0.4) is 0 Å². The van der Waals surface area contributed by atoms with Gasteiger partial charge < -0.3 is 11.1 Å². The first-order valence-corrected chi connectivity index (χ1v) is 5.67. The van der Waals surface area contributed by atoms with E-state index in [9.17, 15) is 18.0 Å². The Morgan fingerprint density at radius 3 is 2.68 bits per heavy atom. The Kier molecular flexibility index (Phi) is 4.97. The molecule has 0 fully saturated rings. The zero-order valence-electron chi connectivity index (χ0n) is 9.80. The summed E-state index contributed by atoms with van der Waals surface area (Å²) in [5, 5.41) is 2.07. The molecule has 0 radical (unpaired) electrons. The number of nitrogens with one attached hydrogen (secondary N) is 1. The monoisotopic (exact) mass is 292 g/mol. The number of halogens is 4. The minimum Gasteiger partial charge on any atom is -0.324 e. The molecule has 1 atom stereocenters. The Morgan fingerprint density at radius 2 is 2.16 bits per heavy atom. The third kappa shape index (κ3) is 4.25. The molecule has 7 heteroatoms. The molecule has 0 aliphatic carbocycles. The predicted octanol–water partition coefficient (Wildman–Crippen LogP) is 3.20. The summed E-state index contributed by atoms with van der Waals surface area (Å²) >= 11 is 5.52. The molecule has 0 saturated heterocycles. The van der Waals surface area contributed by atoms with Gasteiger partial charge in [0.2, 0.25) is 5.91 Å². The molecule has 1 amide bonds. The molecule has 1 rings (SSSR count). The molecule has 1 aromatic carbocycles. The van der Waals surface area contributed by atoms with Crippen LogP contribution in [0.25, 0.3) is 0 Å². The summed E-state index contributed by atoms with van der Waals surface area (Å²) in [7, 11) is 0. The van der Waals surface area contributed by atoms with Crippen LogP contribution in [0.2, 0.25) is 5.02 Å². The van der Waals surface area contributed by atoms with Crippen molar-refractivity contribution in [2.45, 2.75) is 18.6 Å². The highest BCUT2D eigenvalue weighted by Gasteiger charge is 2.34. The Labute approximate surface area is 113 Å². The van der Waals surface area contributed by atoms with Gasteiger partial charge in [-0.25, -0.2) is 0 Å². The van der Waals surface area contributed by atoms with Crippen molar-refractivity contribution >= 4 is 23.2 Å². The Hall–Kier alpha value is -1.53. The first-order chi connectivity index (χ1) is 8.75. The number of benzene rings is 1. The first-order valence-electron chi connectivity index (χ1n) is 5.29. The van der Waals surface area contributed by atoms with Crippen molar-refractivity contribution in [3.8, 4) is 0 Å². The second-order valence-corrected chi connectivity index (χ2v) is 4.24. The summed E-state index contributed by atoms with van der Waals surface area (Å²) in [6, 6.07) is 2.14. The van der Waals surface area contributed by atoms with Gasteiger partial charge in [-0.3, -0.25) is 4.79 Å². The van der Waals surface area contributed by atoms with Crippen LogP contribution in [0, 0.1) is 0 Å². The van der Waals surface area contributed by atoms with Crippen LogP contribution in [0.1, 0.15) is 12.0 Å². The van der Waals surface area contributed by atoms with Gasteiger partial charge in [0.05, 0.1) is 17.3 Å². The SMILES string of the molecule is C=CCC(N)C(=O)Nc1ccc(Cl)cc1C(F)(F)F. The maximum absolute atomic E-state index is 12.8. The third-order valence-corrected chi connectivity index (χ3v) is 2.54. The molecule has 3 N–H and O–H groups in total. The van der Waals surface area contributed by atoms with E-state index in [1.54, 1.807) is 0 Å². The first kappa shape index (κ1) is 15.5. The van der Waals surface area contributed by atoms with Crippen molar-refractivity contribution in [3.63, 3.8) is 0 Å². The fourth-order valence-electron chi connectivity index (χ4n) is 1.37. The van der Waals surface area contributed by atoms with Crippen molar-refractivity contribution in [1.82, 2.24) is 0 Å². The zero-order chi connectivity index (χ0) is 14.6.